The lowest BCUT2D eigenvalue weighted by molar-refractivity contribution is 1.16. The third-order valence-electron chi connectivity index (χ3n) is 3.61. The van der Waals surface area contributed by atoms with Crippen molar-refractivity contribution in [3.63, 3.8) is 0 Å². The van der Waals surface area contributed by atoms with Crippen molar-refractivity contribution in [2.75, 3.05) is 0 Å². The fourth-order valence-corrected chi connectivity index (χ4v) is 3.13. The highest BCUT2D eigenvalue weighted by molar-refractivity contribution is 14.1. The predicted octanol–water partition coefficient (Wildman–Crippen LogP) is 5.05. The van der Waals surface area contributed by atoms with E-state index < -0.39 is 0 Å². The summed E-state index contributed by atoms with van der Waals surface area (Å²) in [6.07, 6.45) is 0. The van der Waals surface area contributed by atoms with E-state index in [2.05, 4.69) is 81.1 Å². The van der Waals surface area contributed by atoms with Crippen LogP contribution in [0.2, 0.25) is 0 Å². The molecular weight excluding hydrogens is 371 g/mol. The van der Waals surface area contributed by atoms with E-state index >= 15 is 0 Å². The second kappa shape index (κ2) is 5.07. The second-order valence-electron chi connectivity index (χ2n) is 4.89. The van der Waals surface area contributed by atoms with Crippen LogP contribution in [0.4, 0.5) is 0 Å². The molecule has 3 heteroatoms. The zero-order chi connectivity index (χ0) is 14.2. The molecule has 0 amide bonds. The van der Waals surface area contributed by atoms with Crippen LogP contribution in [0.25, 0.3) is 32.9 Å². The summed E-state index contributed by atoms with van der Waals surface area (Å²) in [5, 5.41) is 3.48. The molecule has 0 N–H and O–H groups in total. The third-order valence-corrected chi connectivity index (χ3v) is 4.09. The topological polar surface area (TPSA) is 25.8 Å². The Labute approximate surface area is 136 Å². The molecule has 0 saturated carbocycles. The Morgan fingerprint density at radius 2 is 1.43 bits per heavy atom. The van der Waals surface area contributed by atoms with E-state index in [1.807, 2.05) is 18.2 Å². The van der Waals surface area contributed by atoms with E-state index in [-0.39, 0.29) is 0 Å². The van der Waals surface area contributed by atoms with Crippen LogP contribution in [0.3, 0.4) is 0 Å². The van der Waals surface area contributed by atoms with E-state index in [0.29, 0.717) is 0 Å². The predicted molar refractivity (Wildman–Crippen MR) is 95.2 cm³/mol. The van der Waals surface area contributed by atoms with Gasteiger partial charge in [0.15, 0.2) is 3.83 Å². The number of aromatic nitrogens is 2. The molecule has 1 heterocycles. The highest BCUT2D eigenvalue weighted by Gasteiger charge is 2.10. The molecule has 1 aromatic heterocycles. The minimum Gasteiger partial charge on any atom is -0.222 e. The molecule has 0 aliphatic carbocycles. The normalized spacial score (nSPS) is 11.1. The minimum atomic E-state index is 0.773. The maximum absolute atomic E-state index is 4.67. The largest absolute Gasteiger partial charge is 0.222 e. The molecule has 100 valence electrons. The molecule has 21 heavy (non-hydrogen) atoms. The SMILES string of the molecule is Ic1nc(-c2ccccc2)c2ccc3ccccc3c2n1. The molecule has 3 aromatic carbocycles. The molecule has 0 bridgehead atoms. The molecule has 0 saturated heterocycles. The lowest BCUT2D eigenvalue weighted by Crippen LogP contribution is -1.94. The zero-order valence-corrected chi connectivity index (χ0v) is 13.3. The van der Waals surface area contributed by atoms with Crippen LogP contribution in [0.15, 0.2) is 66.7 Å². The van der Waals surface area contributed by atoms with E-state index in [0.717, 1.165) is 26.0 Å². The fraction of sp³-hybridized carbons (Fsp3) is 0. The van der Waals surface area contributed by atoms with Crippen molar-refractivity contribution >= 4 is 44.3 Å². The van der Waals surface area contributed by atoms with Crippen molar-refractivity contribution < 1.29 is 0 Å². The molecule has 0 atom stereocenters. The van der Waals surface area contributed by atoms with E-state index in [1.54, 1.807) is 0 Å². The summed E-state index contributed by atoms with van der Waals surface area (Å²) in [4.78, 5) is 9.32. The maximum atomic E-state index is 4.67. The molecule has 0 radical (unpaired) electrons. The van der Waals surface area contributed by atoms with Crippen molar-refractivity contribution in [3.05, 3.63) is 70.6 Å². The Morgan fingerprint density at radius 1 is 0.667 bits per heavy atom. The molecule has 0 fully saturated rings. The quantitative estimate of drug-likeness (QED) is 0.261. The molecular formula is C18H11IN2. The molecule has 2 nitrogen and oxygen atoms in total. The molecule has 0 aliphatic rings. The monoisotopic (exact) mass is 382 g/mol. The van der Waals surface area contributed by atoms with Gasteiger partial charge in [-0.3, -0.25) is 0 Å². The number of hydrogen-bond acceptors (Lipinski definition) is 2. The van der Waals surface area contributed by atoms with E-state index in [1.165, 1.54) is 10.8 Å². The highest BCUT2D eigenvalue weighted by Crippen LogP contribution is 2.31. The second-order valence-corrected chi connectivity index (χ2v) is 5.85. The van der Waals surface area contributed by atoms with Gasteiger partial charge in [-0.05, 0) is 11.5 Å². The average Bonchev–Trinajstić information content (AvgIpc) is 2.55. The third kappa shape index (κ3) is 2.17. The number of nitrogens with zero attached hydrogens (tertiary/aromatic N) is 2. The zero-order valence-electron chi connectivity index (χ0n) is 11.1. The Bertz CT molecular complexity index is 949. The highest BCUT2D eigenvalue weighted by atomic mass is 127. The van der Waals surface area contributed by atoms with Gasteiger partial charge in [-0.1, -0.05) is 60.7 Å². The summed E-state index contributed by atoms with van der Waals surface area (Å²) < 4.78 is 0.773. The van der Waals surface area contributed by atoms with Crippen LogP contribution < -0.4 is 0 Å². The number of fused-ring (bicyclic) bond motifs is 3. The lowest BCUT2D eigenvalue weighted by atomic mass is 10.0. The number of halogens is 1. The van der Waals surface area contributed by atoms with Gasteiger partial charge in [-0.25, -0.2) is 9.97 Å². The molecule has 0 aliphatic heterocycles. The first-order valence-corrected chi connectivity index (χ1v) is 7.81. The Balaban J connectivity index is 2.15. The summed E-state index contributed by atoms with van der Waals surface area (Å²) in [6.45, 7) is 0. The summed E-state index contributed by atoms with van der Waals surface area (Å²) in [7, 11) is 0. The summed E-state index contributed by atoms with van der Waals surface area (Å²) in [6, 6.07) is 22.9. The van der Waals surface area contributed by atoms with Crippen LogP contribution in [0, 0.1) is 3.83 Å². The van der Waals surface area contributed by atoms with Gasteiger partial charge in [0, 0.05) is 38.9 Å². The fourth-order valence-electron chi connectivity index (χ4n) is 2.65. The summed E-state index contributed by atoms with van der Waals surface area (Å²) in [5.74, 6) is 0. The van der Waals surface area contributed by atoms with E-state index in [9.17, 15) is 0 Å². The first-order chi connectivity index (χ1) is 10.3. The van der Waals surface area contributed by atoms with Crippen molar-refractivity contribution in [1.82, 2.24) is 9.97 Å². The van der Waals surface area contributed by atoms with Gasteiger partial charge in [-0.2, -0.15) is 0 Å². The Hall–Kier alpha value is -2.01. The molecule has 0 unspecified atom stereocenters. The van der Waals surface area contributed by atoms with Gasteiger partial charge in [0.1, 0.15) is 0 Å². The van der Waals surface area contributed by atoms with Gasteiger partial charge in [0.25, 0.3) is 0 Å². The van der Waals surface area contributed by atoms with Gasteiger partial charge < -0.3 is 0 Å². The van der Waals surface area contributed by atoms with Crippen LogP contribution in [-0.2, 0) is 0 Å². The van der Waals surface area contributed by atoms with Crippen LogP contribution >= 0.6 is 22.6 Å². The van der Waals surface area contributed by atoms with Crippen LogP contribution in [0.5, 0.6) is 0 Å². The molecule has 4 rings (SSSR count). The van der Waals surface area contributed by atoms with Gasteiger partial charge in [0.05, 0.1) is 11.2 Å². The van der Waals surface area contributed by atoms with Crippen LogP contribution in [0.1, 0.15) is 0 Å². The smallest absolute Gasteiger partial charge is 0.191 e. The summed E-state index contributed by atoms with van der Waals surface area (Å²) >= 11 is 2.19. The number of benzene rings is 3. The lowest BCUT2D eigenvalue weighted by Gasteiger charge is -2.09. The summed E-state index contributed by atoms with van der Waals surface area (Å²) in [5.41, 5.74) is 3.14. The Kier molecular flexibility index (Phi) is 3.07. The molecule has 4 aromatic rings. The van der Waals surface area contributed by atoms with Crippen molar-refractivity contribution in [2.45, 2.75) is 0 Å². The maximum Gasteiger partial charge on any atom is 0.191 e. The van der Waals surface area contributed by atoms with Crippen LogP contribution in [-0.4, -0.2) is 9.97 Å². The van der Waals surface area contributed by atoms with Gasteiger partial charge in [0.2, 0.25) is 0 Å². The van der Waals surface area contributed by atoms with Crippen molar-refractivity contribution in [2.24, 2.45) is 0 Å². The minimum absolute atomic E-state index is 0.773. The van der Waals surface area contributed by atoms with Gasteiger partial charge >= 0.3 is 0 Å². The molecule has 0 spiro atoms. The van der Waals surface area contributed by atoms with Crippen molar-refractivity contribution in [1.29, 1.82) is 0 Å². The van der Waals surface area contributed by atoms with Crippen molar-refractivity contribution in [3.8, 4) is 11.3 Å². The number of rotatable bonds is 1. The first-order valence-electron chi connectivity index (χ1n) is 6.73. The standard InChI is InChI=1S/C18H11IN2/c19-18-20-16(13-7-2-1-3-8-13)15-11-10-12-6-4-5-9-14(12)17(15)21-18/h1-11H. The Morgan fingerprint density at radius 3 is 2.29 bits per heavy atom. The average molecular weight is 382 g/mol. The number of hydrogen-bond donors (Lipinski definition) is 0. The first kappa shape index (κ1) is 12.7. The van der Waals surface area contributed by atoms with Gasteiger partial charge in [-0.15, -0.1) is 0 Å². The van der Waals surface area contributed by atoms with E-state index in [4.69, 9.17) is 0 Å².